The van der Waals surface area contributed by atoms with E-state index in [1.54, 1.807) is 4.90 Å². The van der Waals surface area contributed by atoms with E-state index in [0.717, 1.165) is 6.07 Å². The standard InChI is InChI=1S/C14H19F3N2O2.ClH/c1-21-12-10(3-2-4-11(12)15)13(14(16,17)9-20)19-7-5-18-6-8-19;/h2-4,13,18,20H,5-9H2,1H3;1H/t13-;/m0./s1. The predicted molar refractivity (Wildman–Crippen MR) is 79.4 cm³/mol. The fraction of sp³-hybridized carbons (Fsp3) is 0.571. The first-order valence-corrected chi connectivity index (χ1v) is 6.77. The summed E-state index contributed by atoms with van der Waals surface area (Å²) in [6.07, 6.45) is 0. The van der Waals surface area contributed by atoms with Crippen LogP contribution in [0.2, 0.25) is 0 Å². The molecule has 0 saturated carbocycles. The van der Waals surface area contributed by atoms with E-state index in [0.29, 0.717) is 26.2 Å². The van der Waals surface area contributed by atoms with Gasteiger partial charge in [0.05, 0.1) is 7.11 Å². The number of rotatable bonds is 5. The van der Waals surface area contributed by atoms with Crippen LogP contribution >= 0.6 is 12.4 Å². The summed E-state index contributed by atoms with van der Waals surface area (Å²) < 4.78 is 47.3. The molecule has 1 aliphatic rings. The van der Waals surface area contributed by atoms with Gasteiger partial charge < -0.3 is 15.2 Å². The smallest absolute Gasteiger partial charge is 0.290 e. The molecule has 4 nitrogen and oxygen atoms in total. The van der Waals surface area contributed by atoms with Gasteiger partial charge in [0.15, 0.2) is 11.6 Å². The molecule has 0 aromatic heterocycles. The molecule has 1 aromatic carbocycles. The van der Waals surface area contributed by atoms with Gasteiger partial charge in [-0.2, -0.15) is 0 Å². The number of hydrogen-bond donors (Lipinski definition) is 2. The van der Waals surface area contributed by atoms with E-state index in [-0.39, 0.29) is 23.7 Å². The minimum Gasteiger partial charge on any atom is -0.493 e. The van der Waals surface area contributed by atoms with E-state index in [2.05, 4.69) is 5.32 Å². The number of ether oxygens (including phenoxy) is 1. The highest BCUT2D eigenvalue weighted by Gasteiger charge is 2.45. The first-order chi connectivity index (χ1) is 10.0. The molecule has 8 heteroatoms. The van der Waals surface area contributed by atoms with Gasteiger partial charge in [-0.1, -0.05) is 12.1 Å². The van der Waals surface area contributed by atoms with Crippen molar-refractivity contribution in [1.29, 1.82) is 0 Å². The van der Waals surface area contributed by atoms with Crippen molar-refractivity contribution >= 4 is 12.4 Å². The van der Waals surface area contributed by atoms with Crippen LogP contribution in [0.1, 0.15) is 11.6 Å². The zero-order chi connectivity index (χ0) is 15.5. The van der Waals surface area contributed by atoms with Gasteiger partial charge in [-0.3, -0.25) is 4.90 Å². The van der Waals surface area contributed by atoms with Gasteiger partial charge in [0, 0.05) is 31.7 Å². The fourth-order valence-corrected chi connectivity index (χ4v) is 2.67. The number of para-hydroxylation sites is 1. The number of halogens is 4. The summed E-state index contributed by atoms with van der Waals surface area (Å²) in [5.74, 6) is -4.28. The molecule has 1 aliphatic heterocycles. The first-order valence-electron chi connectivity index (χ1n) is 6.77. The monoisotopic (exact) mass is 340 g/mol. The second-order valence-electron chi connectivity index (χ2n) is 4.97. The van der Waals surface area contributed by atoms with Crippen molar-refractivity contribution in [2.45, 2.75) is 12.0 Å². The van der Waals surface area contributed by atoms with Gasteiger partial charge in [-0.25, -0.2) is 13.2 Å². The highest BCUT2D eigenvalue weighted by Crippen LogP contribution is 2.41. The van der Waals surface area contributed by atoms with Crippen molar-refractivity contribution in [1.82, 2.24) is 10.2 Å². The molecule has 1 saturated heterocycles. The van der Waals surface area contributed by atoms with E-state index in [1.807, 2.05) is 0 Å². The molecule has 1 heterocycles. The number of aliphatic hydroxyl groups is 1. The Hall–Kier alpha value is -1.02. The van der Waals surface area contributed by atoms with E-state index in [4.69, 9.17) is 9.84 Å². The lowest BCUT2D eigenvalue weighted by atomic mass is 9.97. The third kappa shape index (κ3) is 3.84. The van der Waals surface area contributed by atoms with Crippen molar-refractivity contribution in [3.8, 4) is 5.75 Å². The number of nitrogens with zero attached hydrogens (tertiary/aromatic N) is 1. The Morgan fingerprint density at radius 2 is 2.00 bits per heavy atom. The maximum absolute atomic E-state index is 14.2. The van der Waals surface area contributed by atoms with Crippen LogP contribution in [0.5, 0.6) is 5.75 Å². The molecule has 0 amide bonds. The Kier molecular flexibility index (Phi) is 6.93. The Morgan fingerprint density at radius 1 is 1.36 bits per heavy atom. The van der Waals surface area contributed by atoms with Gasteiger partial charge in [0.25, 0.3) is 5.92 Å². The minimum atomic E-state index is -3.39. The summed E-state index contributed by atoms with van der Waals surface area (Å²) in [5.41, 5.74) is 0.0541. The van der Waals surface area contributed by atoms with Gasteiger partial charge >= 0.3 is 0 Å². The van der Waals surface area contributed by atoms with Gasteiger partial charge in [0.2, 0.25) is 0 Å². The number of piperazine rings is 1. The zero-order valence-corrected chi connectivity index (χ0v) is 13.0. The lowest BCUT2D eigenvalue weighted by molar-refractivity contribution is -0.119. The van der Waals surface area contributed by atoms with Crippen LogP contribution in [0, 0.1) is 5.82 Å². The summed E-state index contributed by atoms with van der Waals surface area (Å²) in [5, 5.41) is 12.1. The molecule has 2 N–H and O–H groups in total. The molecule has 0 radical (unpaired) electrons. The third-order valence-electron chi connectivity index (χ3n) is 3.62. The topological polar surface area (TPSA) is 44.7 Å². The van der Waals surface area contributed by atoms with Crippen molar-refractivity contribution in [3.63, 3.8) is 0 Å². The number of alkyl halides is 2. The largest absolute Gasteiger partial charge is 0.493 e. The lowest BCUT2D eigenvalue weighted by Crippen LogP contribution is -2.51. The average Bonchev–Trinajstić information content (AvgIpc) is 2.48. The number of aliphatic hydroxyl groups excluding tert-OH is 1. The molecule has 0 aliphatic carbocycles. The number of methoxy groups -OCH3 is 1. The maximum Gasteiger partial charge on any atom is 0.290 e. The third-order valence-corrected chi connectivity index (χ3v) is 3.62. The Labute approximate surface area is 133 Å². The van der Waals surface area contributed by atoms with Crippen molar-refractivity contribution < 1.29 is 23.0 Å². The average molecular weight is 341 g/mol. The molecule has 0 spiro atoms. The van der Waals surface area contributed by atoms with Crippen LogP contribution in [0.4, 0.5) is 13.2 Å². The second-order valence-corrected chi connectivity index (χ2v) is 4.97. The summed E-state index contributed by atoms with van der Waals surface area (Å²) in [6, 6.07) is 2.53. The number of nitrogens with one attached hydrogen (secondary N) is 1. The van der Waals surface area contributed by atoms with E-state index < -0.39 is 24.4 Å². The maximum atomic E-state index is 14.2. The zero-order valence-electron chi connectivity index (χ0n) is 12.2. The fourth-order valence-electron chi connectivity index (χ4n) is 2.67. The molecule has 1 atom stereocenters. The van der Waals surface area contributed by atoms with Crippen molar-refractivity contribution in [2.24, 2.45) is 0 Å². The number of benzene rings is 1. The summed E-state index contributed by atoms with van der Waals surface area (Å²) in [4.78, 5) is 1.55. The highest BCUT2D eigenvalue weighted by atomic mass is 35.5. The van der Waals surface area contributed by atoms with E-state index in [1.165, 1.54) is 19.2 Å². The normalized spacial score (nSPS) is 17.7. The Balaban J connectivity index is 0.00000242. The van der Waals surface area contributed by atoms with Crippen LogP contribution in [0.25, 0.3) is 0 Å². The van der Waals surface area contributed by atoms with Crippen LogP contribution in [0.15, 0.2) is 18.2 Å². The van der Waals surface area contributed by atoms with Gasteiger partial charge in [0.1, 0.15) is 12.6 Å². The van der Waals surface area contributed by atoms with Crippen molar-refractivity contribution in [3.05, 3.63) is 29.6 Å². The van der Waals surface area contributed by atoms with Crippen LogP contribution in [0.3, 0.4) is 0 Å². The van der Waals surface area contributed by atoms with Gasteiger partial charge in [-0.15, -0.1) is 12.4 Å². The first kappa shape index (κ1) is 19.0. The van der Waals surface area contributed by atoms with Crippen LogP contribution in [-0.4, -0.2) is 55.8 Å². The van der Waals surface area contributed by atoms with Crippen LogP contribution < -0.4 is 10.1 Å². The minimum absolute atomic E-state index is 0. The second kappa shape index (κ2) is 8.01. The summed E-state index contributed by atoms with van der Waals surface area (Å²) in [6.45, 7) is 0.604. The van der Waals surface area contributed by atoms with E-state index >= 15 is 0 Å². The SMILES string of the molecule is COc1c(F)cccc1[C@H](N1CCNCC1)C(F)(F)CO.Cl. The lowest BCUT2D eigenvalue weighted by Gasteiger charge is -2.39. The molecular weight excluding hydrogens is 321 g/mol. The summed E-state index contributed by atoms with van der Waals surface area (Å²) in [7, 11) is 1.24. The molecule has 1 aromatic rings. The molecule has 126 valence electrons. The predicted octanol–water partition coefficient (Wildman–Crippen LogP) is 1.83. The molecule has 1 fully saturated rings. The van der Waals surface area contributed by atoms with Gasteiger partial charge in [-0.05, 0) is 6.07 Å². The van der Waals surface area contributed by atoms with E-state index in [9.17, 15) is 13.2 Å². The molecule has 0 bridgehead atoms. The van der Waals surface area contributed by atoms with Crippen molar-refractivity contribution in [2.75, 3.05) is 39.9 Å². The van der Waals surface area contributed by atoms with Crippen LogP contribution in [-0.2, 0) is 0 Å². The Bertz CT molecular complexity index is 485. The molecule has 0 unspecified atom stereocenters. The molecule has 2 rings (SSSR count). The number of hydrogen-bond acceptors (Lipinski definition) is 4. The summed E-state index contributed by atoms with van der Waals surface area (Å²) >= 11 is 0. The highest BCUT2D eigenvalue weighted by molar-refractivity contribution is 5.85. The quantitative estimate of drug-likeness (QED) is 0.858. The molecular formula is C14H20ClF3N2O2. The Morgan fingerprint density at radius 3 is 2.55 bits per heavy atom. The molecule has 22 heavy (non-hydrogen) atoms.